The highest BCUT2D eigenvalue weighted by atomic mass is 16.6. The molecule has 1 fully saturated rings. The molecule has 1 saturated heterocycles. The Morgan fingerprint density at radius 1 is 0.578 bits per heavy atom. The van der Waals surface area contributed by atoms with Gasteiger partial charge in [-0.15, -0.1) is 0 Å². The smallest absolute Gasteiger partial charge is 0.116 e. The van der Waals surface area contributed by atoms with E-state index in [2.05, 4.69) is 129 Å². The van der Waals surface area contributed by atoms with E-state index in [9.17, 15) is 0 Å². The summed E-state index contributed by atoms with van der Waals surface area (Å²) in [6.07, 6.45) is 20.1. The lowest BCUT2D eigenvalue weighted by Crippen LogP contribution is -2.59. The quantitative estimate of drug-likeness (QED) is 0.0430. The zero-order chi connectivity index (χ0) is 44.5. The second-order valence-corrected chi connectivity index (χ2v) is 18.7. The summed E-state index contributed by atoms with van der Waals surface area (Å²) in [6.45, 7) is 9.56. The van der Waals surface area contributed by atoms with Crippen LogP contribution in [0.5, 0.6) is 0 Å². The van der Waals surface area contributed by atoms with Gasteiger partial charge in [-0.2, -0.15) is 0 Å². The molecular weight excluding hydrogens is 795 g/mol. The van der Waals surface area contributed by atoms with Crippen LogP contribution in [-0.2, 0) is 54.8 Å². The highest BCUT2D eigenvalue weighted by Gasteiger charge is 2.43. The average Bonchev–Trinajstić information content (AvgIpc) is 3.49. The van der Waals surface area contributed by atoms with Crippen LogP contribution < -0.4 is 5.32 Å². The van der Waals surface area contributed by atoms with Crippen molar-refractivity contribution in [2.24, 2.45) is 0 Å². The Hall–Kier alpha value is -3.66. The van der Waals surface area contributed by atoms with E-state index in [1.807, 2.05) is 30.3 Å². The van der Waals surface area contributed by atoms with E-state index in [-0.39, 0.29) is 30.5 Å². The monoisotopic (exact) mass is 874 g/mol. The van der Waals surface area contributed by atoms with Gasteiger partial charge in [-0.25, -0.2) is 0 Å². The van der Waals surface area contributed by atoms with E-state index in [0.717, 1.165) is 29.5 Å². The van der Waals surface area contributed by atoms with Gasteiger partial charge in [-0.1, -0.05) is 217 Å². The minimum Gasteiger partial charge on any atom is -0.373 e. The summed E-state index contributed by atoms with van der Waals surface area (Å²) in [5, 5.41) is 3.91. The Bertz CT molecular complexity index is 1810. The first-order valence-electron chi connectivity index (χ1n) is 24.8. The number of ether oxygens (including phenoxy) is 6. The van der Waals surface area contributed by atoms with Crippen molar-refractivity contribution in [1.82, 2.24) is 5.32 Å². The van der Waals surface area contributed by atoms with Gasteiger partial charge in [0.05, 0.1) is 56.9 Å². The predicted molar refractivity (Wildman–Crippen MR) is 260 cm³/mol. The Kier molecular flexibility index (Phi) is 22.1. The van der Waals surface area contributed by atoms with Crippen molar-refractivity contribution in [3.8, 4) is 0 Å². The SMILES string of the molecule is CCCCCCCCCCCCCC[C@@H]1OCC(C)(C)O[C@@H]1[C@@H](CO[C@H]1CC=C[C@H](OCc2ccccc2)[C@H](OCc2ccccc2)[C@H]1OCc1ccccc1)NCc1ccccc1. The van der Waals surface area contributed by atoms with Crippen molar-refractivity contribution in [1.29, 1.82) is 0 Å². The third-order valence-electron chi connectivity index (χ3n) is 12.7. The second kappa shape index (κ2) is 28.4. The van der Waals surface area contributed by atoms with Crippen LogP contribution in [0.15, 0.2) is 133 Å². The Morgan fingerprint density at radius 3 is 1.61 bits per heavy atom. The molecule has 0 saturated carbocycles. The Morgan fingerprint density at radius 2 is 1.06 bits per heavy atom. The molecule has 0 bridgehead atoms. The molecule has 4 aromatic rings. The normalized spacial score (nSPS) is 22.5. The fourth-order valence-electron chi connectivity index (χ4n) is 8.99. The van der Waals surface area contributed by atoms with Crippen molar-refractivity contribution < 1.29 is 28.4 Å². The molecule has 0 spiro atoms. The minimum atomic E-state index is -0.446. The maximum atomic E-state index is 7.18. The lowest BCUT2D eigenvalue weighted by atomic mass is 9.95. The van der Waals surface area contributed by atoms with Gasteiger partial charge in [0.15, 0.2) is 0 Å². The standard InChI is InChI=1S/C57H79NO6/c1-4-5-6-7-8-9-10-11-12-13-14-27-37-51-54(64-57(2,3)45-63-51)50(58-40-46-29-19-15-20-30-46)44-60-53-39-28-38-52(59-41-47-31-21-16-22-32-47)55(61-42-48-33-23-17-24-34-48)56(53)62-43-49-35-25-18-26-36-49/h15-26,28-36,38,50-56,58H,4-14,27,37,39-45H2,1-3H3/t50-,51+,52+,53+,54-,55+,56+/m1/s1. The number of hydrogen-bond acceptors (Lipinski definition) is 7. The van der Waals surface area contributed by atoms with Gasteiger partial charge in [0.2, 0.25) is 0 Å². The first kappa shape index (κ1) is 49.8. The minimum absolute atomic E-state index is 0.0371. The van der Waals surface area contributed by atoms with Gasteiger partial charge >= 0.3 is 0 Å². The number of rotatable bonds is 29. The molecular formula is C57H79NO6. The van der Waals surface area contributed by atoms with Crippen molar-refractivity contribution in [3.05, 3.63) is 156 Å². The van der Waals surface area contributed by atoms with Gasteiger partial charge in [0, 0.05) is 6.54 Å². The average molecular weight is 874 g/mol. The number of unbranched alkanes of at least 4 members (excludes halogenated alkanes) is 11. The number of hydrogen-bond donors (Lipinski definition) is 1. The highest BCUT2D eigenvalue weighted by molar-refractivity contribution is 5.17. The molecule has 7 atom stereocenters. The van der Waals surface area contributed by atoms with Crippen LogP contribution in [0.2, 0.25) is 0 Å². The molecule has 1 aliphatic carbocycles. The molecule has 4 aromatic carbocycles. The first-order chi connectivity index (χ1) is 31.5. The second-order valence-electron chi connectivity index (χ2n) is 18.7. The summed E-state index contributed by atoms with van der Waals surface area (Å²) in [5.74, 6) is 0. The van der Waals surface area contributed by atoms with Crippen LogP contribution in [0, 0.1) is 0 Å². The fraction of sp³-hybridized carbons (Fsp3) is 0.544. The summed E-state index contributed by atoms with van der Waals surface area (Å²) < 4.78 is 41.6. The molecule has 1 heterocycles. The van der Waals surface area contributed by atoms with Crippen molar-refractivity contribution in [2.45, 2.75) is 185 Å². The van der Waals surface area contributed by atoms with Gasteiger partial charge in [-0.3, -0.25) is 0 Å². The van der Waals surface area contributed by atoms with Crippen LogP contribution in [0.4, 0.5) is 0 Å². The van der Waals surface area contributed by atoms with E-state index in [1.54, 1.807) is 0 Å². The summed E-state index contributed by atoms with van der Waals surface area (Å²) >= 11 is 0. The molecule has 1 N–H and O–H groups in total. The molecule has 7 heteroatoms. The molecule has 0 radical (unpaired) electrons. The van der Waals surface area contributed by atoms with Crippen molar-refractivity contribution >= 4 is 0 Å². The van der Waals surface area contributed by atoms with Crippen LogP contribution in [0.25, 0.3) is 0 Å². The van der Waals surface area contributed by atoms with Crippen LogP contribution in [-0.4, -0.2) is 61.5 Å². The molecule has 64 heavy (non-hydrogen) atoms. The highest BCUT2D eigenvalue weighted by Crippen LogP contribution is 2.31. The van der Waals surface area contributed by atoms with Crippen LogP contribution >= 0.6 is 0 Å². The van der Waals surface area contributed by atoms with Gasteiger partial charge in [-0.05, 0) is 48.9 Å². The van der Waals surface area contributed by atoms with Crippen LogP contribution in [0.3, 0.4) is 0 Å². The summed E-state index contributed by atoms with van der Waals surface area (Å²) in [4.78, 5) is 0. The molecule has 348 valence electrons. The van der Waals surface area contributed by atoms with Gasteiger partial charge in [0.25, 0.3) is 0 Å². The molecule has 6 rings (SSSR count). The van der Waals surface area contributed by atoms with Crippen LogP contribution in [0.1, 0.15) is 133 Å². The summed E-state index contributed by atoms with van der Waals surface area (Å²) in [5.41, 5.74) is 4.10. The number of benzene rings is 4. The maximum Gasteiger partial charge on any atom is 0.116 e. The fourth-order valence-corrected chi connectivity index (χ4v) is 8.99. The molecule has 0 aromatic heterocycles. The lowest BCUT2D eigenvalue weighted by Gasteiger charge is -2.45. The van der Waals surface area contributed by atoms with E-state index in [1.165, 1.54) is 76.2 Å². The Balaban J connectivity index is 1.17. The predicted octanol–water partition coefficient (Wildman–Crippen LogP) is 12.9. The summed E-state index contributed by atoms with van der Waals surface area (Å²) in [6, 6.07) is 41.5. The topological polar surface area (TPSA) is 67.4 Å². The van der Waals surface area contributed by atoms with Crippen molar-refractivity contribution in [3.63, 3.8) is 0 Å². The zero-order valence-electron chi connectivity index (χ0n) is 39.3. The van der Waals surface area contributed by atoms with Gasteiger partial charge in [0.1, 0.15) is 24.4 Å². The Labute approximate surface area is 386 Å². The molecule has 0 amide bonds. The molecule has 2 aliphatic rings. The largest absolute Gasteiger partial charge is 0.373 e. The van der Waals surface area contributed by atoms with E-state index >= 15 is 0 Å². The van der Waals surface area contributed by atoms with Crippen molar-refractivity contribution in [2.75, 3.05) is 13.2 Å². The maximum absolute atomic E-state index is 7.18. The number of nitrogens with one attached hydrogen (secondary N) is 1. The van der Waals surface area contributed by atoms with E-state index < -0.39 is 17.8 Å². The van der Waals surface area contributed by atoms with E-state index in [0.29, 0.717) is 46.0 Å². The molecule has 7 nitrogen and oxygen atoms in total. The van der Waals surface area contributed by atoms with Gasteiger partial charge < -0.3 is 33.7 Å². The molecule has 1 aliphatic heterocycles. The summed E-state index contributed by atoms with van der Waals surface area (Å²) in [7, 11) is 0. The first-order valence-corrected chi connectivity index (χ1v) is 24.8. The molecule has 0 unspecified atom stereocenters. The third-order valence-corrected chi connectivity index (χ3v) is 12.7. The lowest BCUT2D eigenvalue weighted by molar-refractivity contribution is -0.235. The third kappa shape index (κ3) is 17.6. The van der Waals surface area contributed by atoms with E-state index in [4.69, 9.17) is 28.4 Å². The zero-order valence-corrected chi connectivity index (χ0v) is 39.3.